The number of benzene rings is 1. The van der Waals surface area contributed by atoms with Crippen LogP contribution in [0.4, 0.5) is 0 Å². The van der Waals surface area contributed by atoms with Gasteiger partial charge in [-0.25, -0.2) is 8.42 Å². The number of piperidine rings is 1. The Labute approximate surface area is 174 Å². The summed E-state index contributed by atoms with van der Waals surface area (Å²) in [6, 6.07) is 6.36. The molecule has 0 aromatic heterocycles. The minimum absolute atomic E-state index is 0. The smallest absolute Gasteiger partial charge is 0.230 e. The van der Waals surface area contributed by atoms with Crippen molar-refractivity contribution in [3.63, 3.8) is 0 Å². The maximum Gasteiger partial charge on any atom is 0.230 e. The largest absolute Gasteiger partial charge is 0.494 e. The molecular weight excluding hydrogens is 404 g/mol. The molecule has 1 amide bonds. The van der Waals surface area contributed by atoms with Crippen molar-refractivity contribution in [2.75, 3.05) is 53.3 Å². The van der Waals surface area contributed by atoms with Crippen LogP contribution in [0.25, 0.3) is 0 Å². The predicted molar refractivity (Wildman–Crippen MR) is 111 cm³/mol. The second-order valence-corrected chi connectivity index (χ2v) is 9.15. The molecule has 0 spiro atoms. The number of halogens is 1. The first kappa shape index (κ1) is 24.7. The molecule has 0 saturated carbocycles. The lowest BCUT2D eigenvalue weighted by Gasteiger charge is -2.38. The highest BCUT2D eigenvalue weighted by Gasteiger charge is 2.41. The van der Waals surface area contributed by atoms with Crippen LogP contribution in [0.15, 0.2) is 29.2 Å². The van der Waals surface area contributed by atoms with E-state index in [-0.39, 0.29) is 23.2 Å². The first-order valence-electron chi connectivity index (χ1n) is 9.17. The third-order valence-corrected chi connectivity index (χ3v) is 6.07. The number of methoxy groups -OCH3 is 1. The lowest BCUT2D eigenvalue weighted by atomic mass is 9.78. The fourth-order valence-corrected chi connectivity index (χ4v) is 4.01. The molecule has 0 atom stereocenters. The van der Waals surface area contributed by atoms with E-state index in [1.165, 1.54) is 18.4 Å². The van der Waals surface area contributed by atoms with Crippen molar-refractivity contribution in [1.29, 1.82) is 0 Å². The molecule has 1 fully saturated rings. The fourth-order valence-electron chi connectivity index (χ4n) is 3.38. The summed E-state index contributed by atoms with van der Waals surface area (Å²) in [7, 11) is 0.260. The molecule has 0 unspecified atom stereocenters. The van der Waals surface area contributed by atoms with Crippen molar-refractivity contribution >= 4 is 28.2 Å². The van der Waals surface area contributed by atoms with E-state index in [1.54, 1.807) is 24.1 Å². The van der Waals surface area contributed by atoms with E-state index in [2.05, 4.69) is 5.32 Å². The van der Waals surface area contributed by atoms with Gasteiger partial charge in [0.05, 0.1) is 23.5 Å². The molecule has 9 heteroatoms. The topological polar surface area (TPSA) is 84.9 Å². The van der Waals surface area contributed by atoms with Gasteiger partial charge < -0.3 is 19.7 Å². The van der Waals surface area contributed by atoms with Gasteiger partial charge in [-0.05, 0) is 56.6 Å². The zero-order valence-electron chi connectivity index (χ0n) is 16.8. The van der Waals surface area contributed by atoms with Crippen LogP contribution in [0, 0.1) is 5.41 Å². The SMILES string of the molecule is COCC1(C(=O)N(C)CCCOc2ccc(S(C)(=O)=O)cc2)CCNCC1.Cl. The van der Waals surface area contributed by atoms with Gasteiger partial charge in [-0.2, -0.15) is 0 Å². The van der Waals surface area contributed by atoms with Gasteiger partial charge in [-0.3, -0.25) is 4.79 Å². The Bertz CT molecular complexity index is 713. The number of sulfone groups is 1. The van der Waals surface area contributed by atoms with Crippen LogP contribution in [-0.4, -0.2) is 72.5 Å². The lowest BCUT2D eigenvalue weighted by Crippen LogP contribution is -2.50. The molecule has 0 bridgehead atoms. The summed E-state index contributed by atoms with van der Waals surface area (Å²) in [6.07, 6.45) is 3.44. The number of ether oxygens (including phenoxy) is 2. The molecule has 0 radical (unpaired) electrons. The van der Waals surface area contributed by atoms with Gasteiger partial charge in [0, 0.05) is 27.0 Å². The summed E-state index contributed by atoms with van der Waals surface area (Å²) in [5, 5.41) is 3.29. The minimum Gasteiger partial charge on any atom is -0.494 e. The molecular formula is C19H31ClN2O5S. The second kappa shape index (κ2) is 11.0. The number of hydrogen-bond donors (Lipinski definition) is 1. The normalized spacial score (nSPS) is 16.1. The Morgan fingerprint density at radius 1 is 1.21 bits per heavy atom. The third-order valence-electron chi connectivity index (χ3n) is 4.94. The maximum atomic E-state index is 12.9. The summed E-state index contributed by atoms with van der Waals surface area (Å²) < 4.78 is 33.9. The Morgan fingerprint density at radius 3 is 2.36 bits per heavy atom. The first-order valence-corrected chi connectivity index (χ1v) is 11.1. The maximum absolute atomic E-state index is 12.9. The lowest BCUT2D eigenvalue weighted by molar-refractivity contribution is -0.146. The second-order valence-electron chi connectivity index (χ2n) is 7.14. The van der Waals surface area contributed by atoms with E-state index < -0.39 is 15.3 Å². The van der Waals surface area contributed by atoms with Gasteiger partial charge in [-0.15, -0.1) is 12.4 Å². The van der Waals surface area contributed by atoms with Crippen molar-refractivity contribution < 1.29 is 22.7 Å². The highest BCUT2D eigenvalue weighted by atomic mass is 35.5. The van der Waals surface area contributed by atoms with Gasteiger partial charge in [0.25, 0.3) is 0 Å². The average molecular weight is 435 g/mol. The van der Waals surface area contributed by atoms with E-state index in [1.807, 2.05) is 7.05 Å². The molecule has 1 N–H and O–H groups in total. The van der Waals surface area contributed by atoms with Gasteiger partial charge >= 0.3 is 0 Å². The van der Waals surface area contributed by atoms with Crippen LogP contribution in [0.2, 0.25) is 0 Å². The third kappa shape index (κ3) is 6.62. The molecule has 1 aromatic rings. The highest BCUT2D eigenvalue weighted by molar-refractivity contribution is 7.90. The quantitative estimate of drug-likeness (QED) is 0.596. The van der Waals surface area contributed by atoms with Gasteiger partial charge in [-0.1, -0.05) is 0 Å². The Morgan fingerprint density at radius 2 is 1.82 bits per heavy atom. The van der Waals surface area contributed by atoms with Crippen molar-refractivity contribution in [1.82, 2.24) is 10.2 Å². The molecule has 160 valence electrons. The van der Waals surface area contributed by atoms with E-state index in [4.69, 9.17) is 9.47 Å². The Balaban J connectivity index is 0.00000392. The predicted octanol–water partition coefficient (Wildman–Crippen LogP) is 1.76. The average Bonchev–Trinajstić information content (AvgIpc) is 2.65. The van der Waals surface area contributed by atoms with Crippen LogP contribution in [0.1, 0.15) is 19.3 Å². The molecule has 2 rings (SSSR count). The molecule has 1 aliphatic rings. The number of hydrogen-bond acceptors (Lipinski definition) is 6. The molecule has 0 aliphatic carbocycles. The fraction of sp³-hybridized carbons (Fsp3) is 0.632. The van der Waals surface area contributed by atoms with E-state index >= 15 is 0 Å². The van der Waals surface area contributed by atoms with Crippen LogP contribution < -0.4 is 10.1 Å². The number of nitrogens with zero attached hydrogens (tertiary/aromatic N) is 1. The Hall–Kier alpha value is -1.35. The molecule has 28 heavy (non-hydrogen) atoms. The summed E-state index contributed by atoms with van der Waals surface area (Å²) >= 11 is 0. The zero-order valence-corrected chi connectivity index (χ0v) is 18.4. The summed E-state index contributed by atoms with van der Waals surface area (Å²) in [5.74, 6) is 0.744. The molecule has 7 nitrogen and oxygen atoms in total. The van der Waals surface area contributed by atoms with E-state index in [9.17, 15) is 13.2 Å². The highest BCUT2D eigenvalue weighted by Crippen LogP contribution is 2.31. The summed E-state index contributed by atoms with van der Waals surface area (Å²) in [4.78, 5) is 15.0. The molecule has 1 heterocycles. The van der Waals surface area contributed by atoms with Crippen LogP contribution >= 0.6 is 12.4 Å². The van der Waals surface area contributed by atoms with Crippen molar-refractivity contribution in [2.24, 2.45) is 5.41 Å². The van der Waals surface area contributed by atoms with Gasteiger partial charge in [0.15, 0.2) is 9.84 Å². The van der Waals surface area contributed by atoms with E-state index in [0.717, 1.165) is 25.9 Å². The van der Waals surface area contributed by atoms with Crippen molar-refractivity contribution in [3.8, 4) is 5.75 Å². The molecule has 1 saturated heterocycles. The standard InChI is InChI=1S/C19H30N2O5S.ClH/c1-21(18(22)19(15-25-2)9-11-20-12-10-19)13-4-14-26-16-5-7-17(8-6-16)27(3,23)24;/h5-8,20H,4,9-15H2,1-3H3;1H. The van der Waals surface area contributed by atoms with Crippen molar-refractivity contribution in [2.45, 2.75) is 24.2 Å². The molecule has 1 aliphatic heterocycles. The van der Waals surface area contributed by atoms with Crippen LogP contribution in [-0.2, 0) is 19.4 Å². The number of nitrogens with one attached hydrogen (secondary N) is 1. The Kier molecular flexibility index (Phi) is 9.69. The van der Waals surface area contributed by atoms with Crippen LogP contribution in [0.5, 0.6) is 5.75 Å². The zero-order chi connectivity index (χ0) is 19.9. The summed E-state index contributed by atoms with van der Waals surface area (Å²) in [6.45, 7) is 3.15. The number of amides is 1. The van der Waals surface area contributed by atoms with Crippen molar-refractivity contribution in [3.05, 3.63) is 24.3 Å². The van der Waals surface area contributed by atoms with Crippen LogP contribution in [0.3, 0.4) is 0 Å². The van der Waals surface area contributed by atoms with Gasteiger partial charge in [0.2, 0.25) is 5.91 Å². The first-order chi connectivity index (χ1) is 12.8. The number of carbonyl (C=O) groups is 1. The summed E-state index contributed by atoms with van der Waals surface area (Å²) in [5.41, 5.74) is -0.433. The molecule has 1 aromatic carbocycles. The van der Waals surface area contributed by atoms with E-state index in [0.29, 0.717) is 31.9 Å². The number of rotatable bonds is 9. The monoisotopic (exact) mass is 434 g/mol. The van der Waals surface area contributed by atoms with Gasteiger partial charge in [0.1, 0.15) is 5.75 Å². The number of carbonyl (C=O) groups excluding carboxylic acids is 1. The minimum atomic E-state index is -3.20.